The van der Waals surface area contributed by atoms with Crippen molar-refractivity contribution in [2.75, 3.05) is 0 Å². The fourth-order valence-electron chi connectivity index (χ4n) is 2.51. The lowest BCUT2D eigenvalue weighted by Gasteiger charge is -1.99. The second-order valence-corrected chi connectivity index (χ2v) is 7.38. The Bertz CT molecular complexity index is 1180. The van der Waals surface area contributed by atoms with Gasteiger partial charge in [0.2, 0.25) is 5.89 Å². The number of halogens is 4. The highest BCUT2D eigenvalue weighted by atomic mass is 35.5. The van der Waals surface area contributed by atoms with E-state index in [2.05, 4.69) is 9.98 Å². The molecule has 0 aliphatic rings. The first-order valence-corrected chi connectivity index (χ1v) is 9.36. The highest BCUT2D eigenvalue weighted by molar-refractivity contribution is 6.42. The number of hydrogen-bond donors (Lipinski definition) is 0. The lowest BCUT2D eigenvalue weighted by atomic mass is 10.2. The predicted molar refractivity (Wildman–Crippen MR) is 113 cm³/mol. The molecule has 7 heteroatoms. The standard InChI is InChI=1S/C20H10Cl4N2O/c21-12-2-5-15(22)14(8-12)20-26-18-9-13(3-6-19(18)27-20)25-10-11-1-4-16(23)17(24)7-11/h1-10H. The summed E-state index contributed by atoms with van der Waals surface area (Å²) in [5, 5.41) is 2.06. The molecular weight excluding hydrogens is 426 g/mol. The molecule has 1 heterocycles. The molecule has 0 fully saturated rings. The maximum absolute atomic E-state index is 6.23. The van der Waals surface area contributed by atoms with Gasteiger partial charge in [-0.1, -0.05) is 52.5 Å². The SMILES string of the molecule is Clc1ccc(Cl)c(-c2nc3cc(N=Cc4ccc(Cl)c(Cl)c4)ccc3o2)c1. The van der Waals surface area contributed by atoms with E-state index in [1.807, 2.05) is 24.3 Å². The van der Waals surface area contributed by atoms with E-state index < -0.39 is 0 Å². The number of oxazole rings is 1. The first-order valence-electron chi connectivity index (χ1n) is 7.85. The van der Waals surface area contributed by atoms with Crippen LogP contribution >= 0.6 is 46.4 Å². The summed E-state index contributed by atoms with van der Waals surface area (Å²) < 4.78 is 5.80. The Kier molecular flexibility index (Phi) is 5.11. The fourth-order valence-corrected chi connectivity index (χ4v) is 3.19. The Morgan fingerprint density at radius 3 is 2.44 bits per heavy atom. The smallest absolute Gasteiger partial charge is 0.228 e. The van der Waals surface area contributed by atoms with Crippen LogP contribution < -0.4 is 0 Å². The molecular formula is C20H10Cl4N2O. The maximum Gasteiger partial charge on any atom is 0.228 e. The van der Waals surface area contributed by atoms with Gasteiger partial charge < -0.3 is 4.42 Å². The molecule has 4 rings (SSSR count). The second-order valence-electron chi connectivity index (χ2n) is 5.73. The van der Waals surface area contributed by atoms with Crippen LogP contribution in [0.15, 0.2) is 64.0 Å². The third kappa shape index (κ3) is 3.97. The third-order valence-electron chi connectivity index (χ3n) is 3.84. The molecule has 0 amide bonds. The van der Waals surface area contributed by atoms with Crippen LogP contribution in [0.2, 0.25) is 20.1 Å². The average Bonchev–Trinajstić information content (AvgIpc) is 3.07. The Balaban J connectivity index is 1.67. The zero-order valence-corrected chi connectivity index (χ0v) is 16.6. The summed E-state index contributed by atoms with van der Waals surface area (Å²) in [7, 11) is 0. The number of fused-ring (bicyclic) bond motifs is 1. The van der Waals surface area contributed by atoms with Gasteiger partial charge in [-0.2, -0.15) is 0 Å². The largest absolute Gasteiger partial charge is 0.436 e. The molecule has 0 spiro atoms. The van der Waals surface area contributed by atoms with E-state index in [1.54, 1.807) is 36.5 Å². The average molecular weight is 436 g/mol. The van der Waals surface area contributed by atoms with E-state index in [-0.39, 0.29) is 0 Å². The van der Waals surface area contributed by atoms with Crippen LogP contribution in [-0.2, 0) is 0 Å². The van der Waals surface area contributed by atoms with Gasteiger partial charge >= 0.3 is 0 Å². The summed E-state index contributed by atoms with van der Waals surface area (Å²) in [6.45, 7) is 0. The molecule has 0 radical (unpaired) electrons. The number of benzene rings is 3. The molecule has 0 aliphatic carbocycles. The molecule has 134 valence electrons. The van der Waals surface area contributed by atoms with Gasteiger partial charge in [-0.25, -0.2) is 4.98 Å². The molecule has 0 atom stereocenters. The fraction of sp³-hybridized carbons (Fsp3) is 0. The van der Waals surface area contributed by atoms with E-state index in [1.165, 1.54) is 0 Å². The van der Waals surface area contributed by atoms with Gasteiger partial charge in [0.1, 0.15) is 5.52 Å². The summed E-state index contributed by atoms with van der Waals surface area (Å²) >= 11 is 24.2. The summed E-state index contributed by atoms with van der Waals surface area (Å²) in [6.07, 6.45) is 1.71. The van der Waals surface area contributed by atoms with E-state index in [0.717, 1.165) is 11.3 Å². The van der Waals surface area contributed by atoms with E-state index >= 15 is 0 Å². The van der Waals surface area contributed by atoms with Gasteiger partial charge in [0.05, 0.1) is 26.3 Å². The molecule has 0 aliphatic heterocycles. The van der Waals surface area contributed by atoms with E-state index in [9.17, 15) is 0 Å². The van der Waals surface area contributed by atoms with Gasteiger partial charge in [-0.05, 0) is 54.1 Å². The van der Waals surface area contributed by atoms with Crippen molar-refractivity contribution in [3.63, 3.8) is 0 Å². The summed E-state index contributed by atoms with van der Waals surface area (Å²) in [5.74, 6) is 0.406. The lowest BCUT2D eigenvalue weighted by Crippen LogP contribution is -1.81. The molecule has 1 aromatic heterocycles. The minimum absolute atomic E-state index is 0.406. The first-order chi connectivity index (χ1) is 13.0. The number of aromatic nitrogens is 1. The van der Waals surface area contributed by atoms with Crippen molar-refractivity contribution < 1.29 is 4.42 Å². The number of nitrogens with zero attached hydrogens (tertiary/aromatic N) is 2. The molecule has 4 aromatic rings. The van der Waals surface area contributed by atoms with Crippen LogP contribution in [0, 0.1) is 0 Å². The first kappa shape index (κ1) is 18.3. The number of hydrogen-bond acceptors (Lipinski definition) is 3. The minimum Gasteiger partial charge on any atom is -0.436 e. The molecule has 0 N–H and O–H groups in total. The normalized spacial score (nSPS) is 11.6. The van der Waals surface area contributed by atoms with Crippen molar-refractivity contribution in [1.29, 1.82) is 0 Å². The molecule has 0 saturated carbocycles. The lowest BCUT2D eigenvalue weighted by molar-refractivity contribution is 0.620. The predicted octanol–water partition coefficient (Wildman–Crippen LogP) is 7.86. The monoisotopic (exact) mass is 434 g/mol. The topological polar surface area (TPSA) is 38.4 Å². The van der Waals surface area contributed by atoms with Gasteiger partial charge in [-0.3, -0.25) is 4.99 Å². The zero-order valence-electron chi connectivity index (χ0n) is 13.6. The highest BCUT2D eigenvalue weighted by Crippen LogP contribution is 2.33. The molecule has 0 bridgehead atoms. The second kappa shape index (κ2) is 7.53. The Hall–Kier alpha value is -2.04. The van der Waals surface area contributed by atoms with Crippen molar-refractivity contribution >= 4 is 69.4 Å². The number of aliphatic imine (C=N–C) groups is 1. The van der Waals surface area contributed by atoms with Crippen LogP contribution in [0.3, 0.4) is 0 Å². The molecule has 0 saturated heterocycles. The van der Waals surface area contributed by atoms with E-state index in [0.29, 0.717) is 42.6 Å². The summed E-state index contributed by atoms with van der Waals surface area (Å²) in [4.78, 5) is 8.96. The van der Waals surface area contributed by atoms with Crippen LogP contribution in [0.25, 0.3) is 22.6 Å². The van der Waals surface area contributed by atoms with Crippen molar-refractivity contribution in [1.82, 2.24) is 4.98 Å². The van der Waals surface area contributed by atoms with Gasteiger partial charge in [0, 0.05) is 11.2 Å². The van der Waals surface area contributed by atoms with Gasteiger partial charge in [-0.15, -0.1) is 0 Å². The minimum atomic E-state index is 0.406. The van der Waals surface area contributed by atoms with Gasteiger partial charge in [0.15, 0.2) is 5.58 Å². The maximum atomic E-state index is 6.23. The quantitative estimate of drug-likeness (QED) is 0.307. The third-order valence-corrected chi connectivity index (χ3v) is 5.14. The van der Waals surface area contributed by atoms with Crippen LogP contribution in [0.1, 0.15) is 5.56 Å². The Labute approximate surface area is 175 Å². The highest BCUT2D eigenvalue weighted by Gasteiger charge is 2.12. The van der Waals surface area contributed by atoms with Crippen LogP contribution in [0.5, 0.6) is 0 Å². The van der Waals surface area contributed by atoms with Crippen LogP contribution in [-0.4, -0.2) is 11.2 Å². The summed E-state index contributed by atoms with van der Waals surface area (Å²) in [6, 6.07) is 15.9. The number of rotatable bonds is 3. The van der Waals surface area contributed by atoms with E-state index in [4.69, 9.17) is 50.8 Å². The molecule has 0 unspecified atom stereocenters. The van der Waals surface area contributed by atoms with Crippen molar-refractivity contribution in [2.45, 2.75) is 0 Å². The van der Waals surface area contributed by atoms with Crippen molar-refractivity contribution in [2.24, 2.45) is 4.99 Å². The molecule has 3 aromatic carbocycles. The summed E-state index contributed by atoms with van der Waals surface area (Å²) in [5.41, 5.74) is 3.52. The van der Waals surface area contributed by atoms with Gasteiger partial charge in [0.25, 0.3) is 0 Å². The molecule has 27 heavy (non-hydrogen) atoms. The van der Waals surface area contributed by atoms with Crippen molar-refractivity contribution in [3.8, 4) is 11.5 Å². The Morgan fingerprint density at radius 1 is 0.815 bits per heavy atom. The Morgan fingerprint density at radius 2 is 1.63 bits per heavy atom. The van der Waals surface area contributed by atoms with Crippen molar-refractivity contribution in [3.05, 3.63) is 80.3 Å². The zero-order chi connectivity index (χ0) is 19.0. The van der Waals surface area contributed by atoms with Crippen LogP contribution in [0.4, 0.5) is 5.69 Å². The molecule has 3 nitrogen and oxygen atoms in total.